The summed E-state index contributed by atoms with van der Waals surface area (Å²) in [6.07, 6.45) is 4.49. The van der Waals surface area contributed by atoms with E-state index in [2.05, 4.69) is 5.10 Å². The SMILES string of the molecule is C[C@H]1C(=O)N(C)C=C(c2cnn(C)c2)c2cc([C@H](O)CO)ccc21. The molecular formula is C18H21N3O3. The average molecular weight is 327 g/mol. The lowest BCUT2D eigenvalue weighted by Crippen LogP contribution is -2.24. The first-order valence-corrected chi connectivity index (χ1v) is 7.83. The van der Waals surface area contributed by atoms with Gasteiger partial charge in [-0.1, -0.05) is 12.1 Å². The molecule has 0 spiro atoms. The minimum absolute atomic E-state index is 0.00518. The highest BCUT2D eigenvalue weighted by Gasteiger charge is 2.28. The van der Waals surface area contributed by atoms with Gasteiger partial charge in [-0.15, -0.1) is 0 Å². The van der Waals surface area contributed by atoms with Crippen LogP contribution < -0.4 is 0 Å². The minimum Gasteiger partial charge on any atom is -0.393 e. The van der Waals surface area contributed by atoms with Gasteiger partial charge in [0.05, 0.1) is 18.7 Å². The van der Waals surface area contributed by atoms with Gasteiger partial charge in [0, 0.05) is 37.6 Å². The predicted octanol–water partition coefficient (Wildman–Crippen LogP) is 1.41. The number of fused-ring (bicyclic) bond motifs is 1. The maximum Gasteiger partial charge on any atom is 0.233 e. The van der Waals surface area contributed by atoms with Gasteiger partial charge in [-0.25, -0.2) is 0 Å². The number of aliphatic hydroxyl groups excluding tert-OH is 2. The Bertz CT molecular complexity index is 810. The molecule has 1 aromatic carbocycles. The summed E-state index contributed by atoms with van der Waals surface area (Å²) in [7, 11) is 3.58. The standard InChI is InChI=1S/C18H21N3O3/c1-11-14-5-4-12(17(23)10-22)6-15(14)16(9-20(2)18(11)24)13-7-19-21(3)8-13/h4-9,11,17,22-23H,10H2,1-3H3/t11-,17-/m1/s1. The number of rotatable bonds is 3. The van der Waals surface area contributed by atoms with E-state index in [-0.39, 0.29) is 18.4 Å². The maximum atomic E-state index is 12.5. The first-order valence-electron chi connectivity index (χ1n) is 7.83. The summed E-state index contributed by atoms with van der Waals surface area (Å²) in [6, 6.07) is 5.46. The Kier molecular flexibility index (Phi) is 4.26. The van der Waals surface area contributed by atoms with Crippen molar-refractivity contribution in [2.75, 3.05) is 13.7 Å². The topological polar surface area (TPSA) is 78.6 Å². The number of amides is 1. The quantitative estimate of drug-likeness (QED) is 0.893. The van der Waals surface area contributed by atoms with Crippen LogP contribution in [0.5, 0.6) is 0 Å². The molecule has 6 nitrogen and oxygen atoms in total. The summed E-state index contributed by atoms with van der Waals surface area (Å²) in [5, 5.41) is 23.4. The normalized spacial score (nSPS) is 18.9. The number of hydrogen-bond acceptors (Lipinski definition) is 4. The van der Waals surface area contributed by atoms with Gasteiger partial charge in [0.25, 0.3) is 0 Å². The molecule has 6 heteroatoms. The zero-order valence-corrected chi connectivity index (χ0v) is 14.0. The number of likely N-dealkylation sites (N-methyl/N-ethyl adjacent to an activating group) is 1. The number of aryl methyl sites for hydroxylation is 1. The maximum absolute atomic E-state index is 12.5. The van der Waals surface area contributed by atoms with E-state index in [9.17, 15) is 15.0 Å². The van der Waals surface area contributed by atoms with Crippen molar-refractivity contribution >= 4 is 11.5 Å². The van der Waals surface area contributed by atoms with Crippen LogP contribution in [0.15, 0.2) is 36.8 Å². The second kappa shape index (κ2) is 6.22. The molecule has 0 radical (unpaired) electrons. The van der Waals surface area contributed by atoms with E-state index < -0.39 is 6.10 Å². The Morgan fingerprint density at radius 3 is 2.71 bits per heavy atom. The Labute approximate surface area is 140 Å². The fourth-order valence-electron chi connectivity index (χ4n) is 3.05. The van der Waals surface area contributed by atoms with Crippen LogP contribution in [0.2, 0.25) is 0 Å². The van der Waals surface area contributed by atoms with E-state index in [0.717, 1.165) is 22.3 Å². The van der Waals surface area contributed by atoms with E-state index in [1.807, 2.05) is 32.3 Å². The monoisotopic (exact) mass is 327 g/mol. The highest BCUT2D eigenvalue weighted by Crippen LogP contribution is 2.36. The molecule has 2 aromatic rings. The van der Waals surface area contributed by atoms with Crippen LogP contribution in [0.25, 0.3) is 5.57 Å². The summed E-state index contributed by atoms with van der Waals surface area (Å²) in [5.41, 5.74) is 4.15. The fourth-order valence-corrected chi connectivity index (χ4v) is 3.05. The van der Waals surface area contributed by atoms with Crippen molar-refractivity contribution in [3.8, 4) is 0 Å². The van der Waals surface area contributed by atoms with E-state index in [1.54, 1.807) is 35.1 Å². The number of aromatic nitrogens is 2. The lowest BCUT2D eigenvalue weighted by atomic mass is 9.88. The molecular weight excluding hydrogens is 306 g/mol. The molecule has 2 atom stereocenters. The van der Waals surface area contributed by atoms with Crippen LogP contribution in [0.4, 0.5) is 0 Å². The van der Waals surface area contributed by atoms with Crippen molar-refractivity contribution < 1.29 is 15.0 Å². The lowest BCUT2D eigenvalue weighted by Gasteiger charge is -2.17. The third-order valence-corrected chi connectivity index (χ3v) is 4.45. The Morgan fingerprint density at radius 2 is 2.08 bits per heavy atom. The molecule has 0 fully saturated rings. The molecule has 0 saturated carbocycles. The molecule has 1 aromatic heterocycles. The van der Waals surface area contributed by atoms with Crippen molar-refractivity contribution in [1.29, 1.82) is 0 Å². The molecule has 126 valence electrons. The molecule has 0 saturated heterocycles. The van der Waals surface area contributed by atoms with Crippen LogP contribution in [0.1, 0.15) is 41.2 Å². The second-order valence-electron chi connectivity index (χ2n) is 6.16. The molecule has 0 bridgehead atoms. The van der Waals surface area contributed by atoms with E-state index in [1.165, 1.54) is 0 Å². The molecule has 1 amide bonds. The lowest BCUT2D eigenvalue weighted by molar-refractivity contribution is -0.128. The van der Waals surface area contributed by atoms with Crippen molar-refractivity contribution in [2.24, 2.45) is 7.05 Å². The molecule has 0 unspecified atom stereocenters. The molecule has 2 N–H and O–H groups in total. The first kappa shape index (κ1) is 16.4. The van der Waals surface area contributed by atoms with E-state index in [0.29, 0.717) is 5.56 Å². The smallest absolute Gasteiger partial charge is 0.233 e. The zero-order valence-electron chi connectivity index (χ0n) is 14.0. The van der Waals surface area contributed by atoms with Crippen molar-refractivity contribution in [1.82, 2.24) is 14.7 Å². The predicted molar refractivity (Wildman–Crippen MR) is 90.0 cm³/mol. The summed E-state index contributed by atoms with van der Waals surface area (Å²) in [4.78, 5) is 14.1. The van der Waals surface area contributed by atoms with E-state index in [4.69, 9.17) is 0 Å². The van der Waals surface area contributed by atoms with Gasteiger partial charge in [-0.05, 0) is 29.7 Å². The van der Waals surface area contributed by atoms with Gasteiger partial charge < -0.3 is 15.1 Å². The van der Waals surface area contributed by atoms with Gasteiger partial charge in [0.2, 0.25) is 5.91 Å². The second-order valence-corrected chi connectivity index (χ2v) is 6.16. The molecule has 1 aliphatic heterocycles. The molecule has 1 aliphatic rings. The van der Waals surface area contributed by atoms with Crippen LogP contribution in [0.3, 0.4) is 0 Å². The number of carbonyl (C=O) groups excluding carboxylic acids is 1. The number of aliphatic hydroxyl groups is 2. The Hall–Kier alpha value is -2.44. The summed E-state index contributed by atoms with van der Waals surface area (Å²) >= 11 is 0. The van der Waals surface area contributed by atoms with Crippen molar-refractivity contribution in [3.63, 3.8) is 0 Å². The highest BCUT2D eigenvalue weighted by molar-refractivity contribution is 5.93. The summed E-state index contributed by atoms with van der Waals surface area (Å²) in [6.45, 7) is 1.53. The van der Waals surface area contributed by atoms with Crippen molar-refractivity contribution in [3.05, 3.63) is 59.0 Å². The van der Waals surface area contributed by atoms with Gasteiger partial charge in [0.1, 0.15) is 6.10 Å². The summed E-state index contributed by atoms with van der Waals surface area (Å²) < 4.78 is 1.71. The van der Waals surface area contributed by atoms with Gasteiger partial charge in [-0.3, -0.25) is 9.48 Å². The number of benzene rings is 1. The minimum atomic E-state index is -0.947. The fraction of sp³-hybridized carbons (Fsp3) is 0.333. The number of nitrogens with zero attached hydrogens (tertiary/aromatic N) is 3. The summed E-state index contributed by atoms with van der Waals surface area (Å²) in [5.74, 6) is -0.290. The molecule has 2 heterocycles. The third-order valence-electron chi connectivity index (χ3n) is 4.45. The van der Waals surface area contributed by atoms with Crippen LogP contribution in [-0.2, 0) is 11.8 Å². The van der Waals surface area contributed by atoms with Gasteiger partial charge in [-0.2, -0.15) is 5.10 Å². The van der Waals surface area contributed by atoms with Crippen LogP contribution >= 0.6 is 0 Å². The molecule has 24 heavy (non-hydrogen) atoms. The highest BCUT2D eigenvalue weighted by atomic mass is 16.3. The zero-order chi connectivity index (χ0) is 17.4. The molecule has 3 rings (SSSR count). The van der Waals surface area contributed by atoms with Crippen molar-refractivity contribution in [2.45, 2.75) is 18.9 Å². The molecule has 0 aliphatic carbocycles. The Balaban J connectivity index is 2.23. The van der Waals surface area contributed by atoms with Gasteiger partial charge in [0.15, 0.2) is 0 Å². The largest absolute Gasteiger partial charge is 0.393 e. The van der Waals surface area contributed by atoms with Crippen LogP contribution in [-0.4, -0.2) is 44.5 Å². The van der Waals surface area contributed by atoms with Crippen LogP contribution in [0, 0.1) is 0 Å². The Morgan fingerprint density at radius 1 is 1.33 bits per heavy atom. The first-order chi connectivity index (χ1) is 11.4. The number of carbonyl (C=O) groups is 1. The van der Waals surface area contributed by atoms with Gasteiger partial charge >= 0.3 is 0 Å². The average Bonchev–Trinajstić information content (AvgIpc) is 2.99. The van der Waals surface area contributed by atoms with E-state index >= 15 is 0 Å². The number of hydrogen-bond donors (Lipinski definition) is 2. The third kappa shape index (κ3) is 2.74.